The fourth-order valence-corrected chi connectivity index (χ4v) is 4.67. The van der Waals surface area contributed by atoms with Gasteiger partial charge in [-0.2, -0.15) is 0 Å². The van der Waals surface area contributed by atoms with Crippen LogP contribution in [0.25, 0.3) is 10.9 Å². The first-order valence-corrected chi connectivity index (χ1v) is 10.8. The summed E-state index contributed by atoms with van der Waals surface area (Å²) < 4.78 is 11.1. The molecular weight excluding hydrogens is 402 g/mol. The molecule has 0 unspecified atom stereocenters. The van der Waals surface area contributed by atoms with Crippen LogP contribution in [0, 0.1) is 0 Å². The number of ether oxygens (including phenoxy) is 2. The number of H-pyrrole nitrogens is 1. The molecule has 6 nitrogen and oxygen atoms in total. The lowest BCUT2D eigenvalue weighted by Crippen LogP contribution is -2.49. The van der Waals surface area contributed by atoms with E-state index in [4.69, 9.17) is 9.47 Å². The molecule has 6 rings (SSSR count). The van der Waals surface area contributed by atoms with Crippen molar-refractivity contribution in [2.45, 2.75) is 25.0 Å². The molecule has 3 aromatic carbocycles. The number of fused-ring (bicyclic) bond motifs is 4. The number of carbonyl (C=O) groups is 1. The Morgan fingerprint density at radius 3 is 2.69 bits per heavy atom. The lowest BCUT2D eigenvalue weighted by molar-refractivity contribution is -0.123. The fraction of sp³-hybridized carbons (Fsp3) is 0.192. The van der Waals surface area contributed by atoms with Gasteiger partial charge in [0.05, 0.1) is 12.1 Å². The minimum atomic E-state index is -0.346. The Morgan fingerprint density at radius 2 is 1.78 bits per heavy atom. The van der Waals surface area contributed by atoms with Crippen molar-refractivity contribution in [2.24, 2.45) is 0 Å². The molecule has 0 fully saturated rings. The van der Waals surface area contributed by atoms with Gasteiger partial charge in [0, 0.05) is 23.1 Å². The van der Waals surface area contributed by atoms with Crippen molar-refractivity contribution in [3.63, 3.8) is 0 Å². The van der Waals surface area contributed by atoms with Crippen molar-refractivity contribution >= 4 is 16.8 Å². The molecule has 1 amide bonds. The van der Waals surface area contributed by atoms with Crippen LogP contribution in [0.1, 0.15) is 28.4 Å². The predicted molar refractivity (Wildman–Crippen MR) is 122 cm³/mol. The summed E-state index contributed by atoms with van der Waals surface area (Å²) in [5.74, 6) is 1.48. The lowest BCUT2D eigenvalue weighted by atomic mass is 9.90. The molecule has 32 heavy (non-hydrogen) atoms. The van der Waals surface area contributed by atoms with Crippen LogP contribution in [0.4, 0.5) is 0 Å². The highest BCUT2D eigenvalue weighted by molar-refractivity contribution is 5.88. The van der Waals surface area contributed by atoms with E-state index in [2.05, 4.69) is 27.8 Å². The van der Waals surface area contributed by atoms with Gasteiger partial charge in [-0.3, -0.25) is 10.1 Å². The van der Waals surface area contributed by atoms with Gasteiger partial charge in [-0.1, -0.05) is 54.6 Å². The second-order valence-electron chi connectivity index (χ2n) is 8.24. The van der Waals surface area contributed by atoms with Gasteiger partial charge in [0.15, 0.2) is 11.5 Å². The molecule has 6 heteroatoms. The molecule has 2 aliphatic rings. The number of carbonyl (C=O) groups excluding carboxylic acids is 1. The molecule has 0 saturated heterocycles. The standard InChI is InChI=1S/C26H23N3O3/c30-26(27-14-16-6-2-1-3-7-16)21-13-19-18-8-4-5-9-20(18)28-25(19)24(29-21)17-10-11-22-23(12-17)32-15-31-22/h1-12,21,24,28-29H,13-15H2,(H,27,30)/t21-,24+/m1/s1. The number of benzene rings is 3. The minimum Gasteiger partial charge on any atom is -0.454 e. The second kappa shape index (κ2) is 7.73. The largest absolute Gasteiger partial charge is 0.454 e. The van der Waals surface area contributed by atoms with E-state index < -0.39 is 0 Å². The van der Waals surface area contributed by atoms with Crippen LogP contribution in [-0.2, 0) is 17.8 Å². The van der Waals surface area contributed by atoms with Crippen LogP contribution in [0.15, 0.2) is 72.8 Å². The topological polar surface area (TPSA) is 75.4 Å². The maximum Gasteiger partial charge on any atom is 0.237 e. The maximum atomic E-state index is 13.2. The summed E-state index contributed by atoms with van der Waals surface area (Å²) in [6.45, 7) is 0.742. The monoisotopic (exact) mass is 425 g/mol. The molecule has 0 saturated carbocycles. The number of amides is 1. The maximum absolute atomic E-state index is 13.2. The summed E-state index contributed by atoms with van der Waals surface area (Å²) in [4.78, 5) is 16.8. The highest BCUT2D eigenvalue weighted by Gasteiger charge is 2.34. The molecule has 1 aromatic heterocycles. The molecule has 3 N–H and O–H groups in total. The first-order valence-electron chi connectivity index (χ1n) is 10.8. The Hall–Kier alpha value is -3.77. The average molecular weight is 425 g/mol. The lowest BCUT2D eigenvalue weighted by Gasteiger charge is -2.31. The van der Waals surface area contributed by atoms with E-state index >= 15 is 0 Å². The second-order valence-corrected chi connectivity index (χ2v) is 8.24. The highest BCUT2D eigenvalue weighted by atomic mass is 16.7. The number of hydrogen-bond acceptors (Lipinski definition) is 4. The van der Waals surface area contributed by atoms with Gasteiger partial charge < -0.3 is 19.8 Å². The Balaban J connectivity index is 1.34. The zero-order valence-electron chi connectivity index (χ0n) is 17.4. The van der Waals surface area contributed by atoms with Crippen molar-refractivity contribution in [2.75, 3.05) is 6.79 Å². The predicted octanol–water partition coefficient (Wildman–Crippen LogP) is 3.82. The highest BCUT2D eigenvalue weighted by Crippen LogP contribution is 2.39. The molecule has 0 aliphatic carbocycles. The van der Waals surface area contributed by atoms with E-state index in [1.54, 1.807) is 0 Å². The van der Waals surface area contributed by atoms with Gasteiger partial charge in [-0.25, -0.2) is 0 Å². The summed E-state index contributed by atoms with van der Waals surface area (Å²) in [5.41, 5.74) is 5.47. The van der Waals surface area contributed by atoms with E-state index in [0.717, 1.165) is 39.2 Å². The number of hydrogen-bond donors (Lipinski definition) is 3. The van der Waals surface area contributed by atoms with Crippen molar-refractivity contribution < 1.29 is 14.3 Å². The molecule has 0 radical (unpaired) electrons. The molecule has 160 valence electrons. The summed E-state index contributed by atoms with van der Waals surface area (Å²) in [6.07, 6.45) is 0.626. The van der Waals surface area contributed by atoms with E-state index in [9.17, 15) is 4.79 Å². The zero-order chi connectivity index (χ0) is 21.5. The first-order chi connectivity index (χ1) is 15.8. The number of para-hydroxylation sites is 1. The Kier molecular flexibility index (Phi) is 4.58. The Labute approximate surface area is 185 Å². The van der Waals surface area contributed by atoms with Crippen molar-refractivity contribution in [1.82, 2.24) is 15.6 Å². The molecule has 2 aliphatic heterocycles. The number of aromatic nitrogens is 1. The van der Waals surface area contributed by atoms with Crippen molar-refractivity contribution in [3.8, 4) is 11.5 Å². The van der Waals surface area contributed by atoms with Gasteiger partial charge >= 0.3 is 0 Å². The van der Waals surface area contributed by atoms with Crippen LogP contribution < -0.4 is 20.1 Å². The molecular formula is C26H23N3O3. The number of nitrogens with one attached hydrogen (secondary N) is 3. The fourth-order valence-electron chi connectivity index (χ4n) is 4.67. The van der Waals surface area contributed by atoms with Crippen LogP contribution in [0.3, 0.4) is 0 Å². The van der Waals surface area contributed by atoms with Crippen LogP contribution >= 0.6 is 0 Å². The van der Waals surface area contributed by atoms with Crippen molar-refractivity contribution in [3.05, 3.63) is 95.2 Å². The smallest absolute Gasteiger partial charge is 0.237 e. The molecule has 2 atom stereocenters. The van der Waals surface area contributed by atoms with Crippen LogP contribution in [0.5, 0.6) is 11.5 Å². The van der Waals surface area contributed by atoms with Crippen molar-refractivity contribution in [1.29, 1.82) is 0 Å². The first kappa shape index (κ1) is 19.0. The van der Waals surface area contributed by atoms with E-state index in [1.165, 1.54) is 5.56 Å². The van der Waals surface area contributed by atoms with Gasteiger partial charge in [0.1, 0.15) is 0 Å². The molecule has 3 heterocycles. The van der Waals surface area contributed by atoms with Gasteiger partial charge in [-0.15, -0.1) is 0 Å². The van der Waals surface area contributed by atoms with E-state index in [1.807, 2.05) is 60.7 Å². The Morgan fingerprint density at radius 1 is 0.969 bits per heavy atom. The summed E-state index contributed by atoms with van der Waals surface area (Å²) >= 11 is 0. The normalized spacial score (nSPS) is 19.0. The van der Waals surface area contributed by atoms with Crippen LogP contribution in [-0.4, -0.2) is 23.7 Å². The summed E-state index contributed by atoms with van der Waals surface area (Å²) in [6, 6.07) is 23.7. The van der Waals surface area contributed by atoms with E-state index in [0.29, 0.717) is 13.0 Å². The quantitative estimate of drug-likeness (QED) is 0.465. The SMILES string of the molecule is O=C(NCc1ccccc1)[C@H]1Cc2c([nH]c3ccccc23)[C@H](c2ccc3c(c2)OCO3)N1. The molecule has 0 bridgehead atoms. The Bertz CT molecular complexity index is 1300. The number of rotatable bonds is 4. The van der Waals surface area contributed by atoms with E-state index in [-0.39, 0.29) is 24.8 Å². The molecule has 0 spiro atoms. The number of aromatic amines is 1. The van der Waals surface area contributed by atoms with Gasteiger partial charge in [0.2, 0.25) is 12.7 Å². The van der Waals surface area contributed by atoms with Gasteiger partial charge in [0.25, 0.3) is 0 Å². The third-order valence-electron chi connectivity index (χ3n) is 6.27. The minimum absolute atomic E-state index is 0.00414. The average Bonchev–Trinajstić information content (AvgIpc) is 3.46. The molecule has 4 aromatic rings. The van der Waals surface area contributed by atoms with Crippen LogP contribution in [0.2, 0.25) is 0 Å². The third kappa shape index (κ3) is 3.29. The van der Waals surface area contributed by atoms with Gasteiger partial charge in [-0.05, 0) is 41.3 Å². The summed E-state index contributed by atoms with van der Waals surface area (Å²) in [5, 5.41) is 7.83. The zero-order valence-corrected chi connectivity index (χ0v) is 17.4. The summed E-state index contributed by atoms with van der Waals surface area (Å²) in [7, 11) is 0. The third-order valence-corrected chi connectivity index (χ3v) is 6.27.